The Morgan fingerprint density at radius 1 is 0.867 bits per heavy atom. The van der Waals surface area contributed by atoms with Crippen LogP contribution in [0.3, 0.4) is 0 Å². The molecule has 0 spiro atoms. The monoisotopic (exact) mass is 423 g/mol. The summed E-state index contributed by atoms with van der Waals surface area (Å²) in [6, 6.07) is 0. The van der Waals surface area contributed by atoms with Gasteiger partial charge in [-0.15, -0.1) is 0 Å². The van der Waals surface area contributed by atoms with Crippen molar-refractivity contribution in [3.8, 4) is 0 Å². The van der Waals surface area contributed by atoms with Crippen LogP contribution in [0, 0.1) is 0 Å². The van der Waals surface area contributed by atoms with E-state index in [1.54, 1.807) is 0 Å². The van der Waals surface area contributed by atoms with E-state index in [0.29, 0.717) is 10.9 Å². The van der Waals surface area contributed by atoms with Crippen LogP contribution in [0.5, 0.6) is 0 Å². The number of ketones is 1. The minimum atomic E-state index is -1.84. The molecule has 1 N–H and O–H groups in total. The Morgan fingerprint density at radius 2 is 1.40 bits per heavy atom. The second-order valence-electron chi connectivity index (χ2n) is 9.43. The SMILES string of the molecule is CCCCCC=CC/C=C\CCCCCCCC(=O)[C@@](O)(CC(=O)[O-])C[N+](C)(C)C. The Morgan fingerprint density at radius 3 is 1.93 bits per heavy atom. The van der Waals surface area contributed by atoms with Gasteiger partial charge in [-0.3, -0.25) is 4.79 Å². The molecule has 0 unspecified atom stereocenters. The third kappa shape index (κ3) is 16.3. The van der Waals surface area contributed by atoms with E-state index >= 15 is 0 Å². The number of allylic oxidation sites excluding steroid dienone is 4. The molecule has 0 heterocycles. The smallest absolute Gasteiger partial charge is 0.177 e. The van der Waals surface area contributed by atoms with Crippen LogP contribution in [-0.4, -0.2) is 54.6 Å². The van der Waals surface area contributed by atoms with Gasteiger partial charge in [0.25, 0.3) is 0 Å². The van der Waals surface area contributed by atoms with Gasteiger partial charge in [0.2, 0.25) is 0 Å². The summed E-state index contributed by atoms with van der Waals surface area (Å²) in [7, 11) is 5.48. The number of hydrogen-bond acceptors (Lipinski definition) is 4. The largest absolute Gasteiger partial charge is 0.550 e. The lowest BCUT2D eigenvalue weighted by atomic mass is 9.89. The maximum atomic E-state index is 12.4. The number of hydrogen-bond donors (Lipinski definition) is 1. The highest BCUT2D eigenvalue weighted by molar-refractivity contribution is 5.90. The van der Waals surface area contributed by atoms with Crippen LogP contribution in [0.4, 0.5) is 0 Å². The number of aliphatic carboxylic acids is 1. The highest BCUT2D eigenvalue weighted by Crippen LogP contribution is 2.19. The Hall–Kier alpha value is -1.46. The highest BCUT2D eigenvalue weighted by atomic mass is 16.4. The van der Waals surface area contributed by atoms with Gasteiger partial charge in [-0.25, -0.2) is 0 Å². The first-order valence-corrected chi connectivity index (χ1v) is 11.7. The molecule has 0 fully saturated rings. The summed E-state index contributed by atoms with van der Waals surface area (Å²) < 4.78 is 0.317. The van der Waals surface area contributed by atoms with Crippen molar-refractivity contribution in [2.45, 2.75) is 96.0 Å². The highest BCUT2D eigenvalue weighted by Gasteiger charge is 2.40. The second kappa shape index (κ2) is 16.3. The number of carboxylic acid groups (broad SMARTS) is 1. The van der Waals surface area contributed by atoms with Crippen LogP contribution in [0.1, 0.15) is 90.4 Å². The molecular formula is C25H45NO4. The minimum Gasteiger partial charge on any atom is -0.550 e. The molecule has 0 saturated heterocycles. The second-order valence-corrected chi connectivity index (χ2v) is 9.43. The van der Waals surface area contributed by atoms with Gasteiger partial charge in [-0.2, -0.15) is 0 Å². The third-order valence-corrected chi connectivity index (χ3v) is 5.05. The van der Waals surface area contributed by atoms with Gasteiger partial charge in [0.15, 0.2) is 11.4 Å². The molecule has 0 saturated carbocycles. The molecule has 174 valence electrons. The predicted molar refractivity (Wildman–Crippen MR) is 122 cm³/mol. The summed E-state index contributed by atoms with van der Waals surface area (Å²) in [4.78, 5) is 23.4. The van der Waals surface area contributed by atoms with E-state index < -0.39 is 18.0 Å². The van der Waals surface area contributed by atoms with Gasteiger partial charge in [-0.05, 0) is 38.5 Å². The van der Waals surface area contributed by atoms with E-state index in [9.17, 15) is 19.8 Å². The summed E-state index contributed by atoms with van der Waals surface area (Å²) in [5, 5.41) is 21.6. The van der Waals surface area contributed by atoms with Crippen molar-refractivity contribution in [2.24, 2.45) is 0 Å². The average molecular weight is 424 g/mol. The zero-order valence-corrected chi connectivity index (χ0v) is 19.8. The lowest BCUT2D eigenvalue weighted by molar-refractivity contribution is -0.875. The van der Waals surface area contributed by atoms with Gasteiger partial charge in [0, 0.05) is 18.8 Å². The maximum Gasteiger partial charge on any atom is 0.177 e. The normalized spacial score (nSPS) is 14.4. The van der Waals surface area contributed by atoms with Gasteiger partial charge in [-0.1, -0.05) is 63.3 Å². The Labute approximate surface area is 184 Å². The van der Waals surface area contributed by atoms with E-state index in [0.717, 1.165) is 38.5 Å². The van der Waals surface area contributed by atoms with Crippen LogP contribution in [0.25, 0.3) is 0 Å². The topological polar surface area (TPSA) is 77.4 Å². The van der Waals surface area contributed by atoms with E-state index in [2.05, 4.69) is 31.2 Å². The van der Waals surface area contributed by atoms with E-state index in [1.165, 1.54) is 25.7 Å². The standard InChI is InChI=1S/C25H45NO4/c1-5-6-7-8-9-10-11-12-13-14-15-16-17-18-19-20-23(27)25(30,21-24(28)29)22-26(2,3)4/h9-10,12-13,30H,5-8,11,14-22H2,1-4H3/b10-9?,13-12-/t25-/m1/s1. The van der Waals surface area contributed by atoms with E-state index in [4.69, 9.17) is 0 Å². The first kappa shape index (κ1) is 28.5. The predicted octanol–water partition coefficient (Wildman–Crippen LogP) is 3.95. The first-order valence-electron chi connectivity index (χ1n) is 11.7. The summed E-state index contributed by atoms with van der Waals surface area (Å²) in [5.41, 5.74) is -1.84. The molecule has 0 radical (unpaired) electrons. The van der Waals surface area contributed by atoms with Gasteiger partial charge in [0.05, 0.1) is 21.1 Å². The van der Waals surface area contributed by atoms with E-state index in [-0.39, 0.29) is 18.7 Å². The van der Waals surface area contributed by atoms with Crippen molar-refractivity contribution in [3.63, 3.8) is 0 Å². The van der Waals surface area contributed by atoms with Crippen molar-refractivity contribution in [1.29, 1.82) is 0 Å². The molecule has 5 nitrogen and oxygen atoms in total. The molecule has 30 heavy (non-hydrogen) atoms. The number of carboxylic acids is 1. The Balaban J connectivity index is 3.92. The fraction of sp³-hybridized carbons (Fsp3) is 0.760. The molecular weight excluding hydrogens is 378 g/mol. The molecule has 0 rings (SSSR count). The number of nitrogens with zero attached hydrogens (tertiary/aromatic N) is 1. The number of carbonyl (C=O) groups excluding carboxylic acids is 2. The lowest BCUT2D eigenvalue weighted by Crippen LogP contribution is -2.56. The first-order chi connectivity index (χ1) is 14.1. The minimum absolute atomic E-state index is 0.0695. The van der Waals surface area contributed by atoms with Gasteiger partial charge in [0.1, 0.15) is 6.54 Å². The zero-order chi connectivity index (χ0) is 22.9. The molecule has 0 amide bonds. The number of rotatable bonds is 19. The maximum absolute atomic E-state index is 12.4. The van der Waals surface area contributed by atoms with Crippen LogP contribution < -0.4 is 5.11 Å². The molecule has 0 aromatic heterocycles. The van der Waals surface area contributed by atoms with Crippen molar-refractivity contribution in [1.82, 2.24) is 0 Å². The van der Waals surface area contributed by atoms with Crippen molar-refractivity contribution in [2.75, 3.05) is 27.7 Å². The van der Waals surface area contributed by atoms with Gasteiger partial charge >= 0.3 is 0 Å². The van der Waals surface area contributed by atoms with Crippen molar-refractivity contribution < 1.29 is 24.3 Å². The molecule has 0 aliphatic carbocycles. The van der Waals surface area contributed by atoms with Crippen LogP contribution >= 0.6 is 0 Å². The molecule has 1 atom stereocenters. The molecule has 0 aliphatic rings. The molecule has 0 bridgehead atoms. The van der Waals surface area contributed by atoms with Crippen LogP contribution in [0.15, 0.2) is 24.3 Å². The fourth-order valence-electron chi connectivity index (χ4n) is 3.60. The van der Waals surface area contributed by atoms with Crippen molar-refractivity contribution in [3.05, 3.63) is 24.3 Å². The number of quaternary nitrogens is 1. The average Bonchev–Trinajstić information content (AvgIpc) is 2.62. The molecule has 0 aliphatic heterocycles. The third-order valence-electron chi connectivity index (χ3n) is 5.05. The lowest BCUT2D eigenvalue weighted by Gasteiger charge is -2.34. The molecule has 0 aromatic carbocycles. The Kier molecular flexibility index (Phi) is 15.5. The summed E-state index contributed by atoms with van der Waals surface area (Å²) >= 11 is 0. The van der Waals surface area contributed by atoms with Crippen molar-refractivity contribution >= 4 is 11.8 Å². The van der Waals surface area contributed by atoms with Crippen LogP contribution in [-0.2, 0) is 9.59 Å². The zero-order valence-electron chi connectivity index (χ0n) is 19.8. The summed E-state index contributed by atoms with van der Waals surface area (Å²) in [6.45, 7) is 2.29. The fourth-order valence-corrected chi connectivity index (χ4v) is 3.60. The van der Waals surface area contributed by atoms with E-state index in [1.807, 2.05) is 21.1 Å². The number of Topliss-reactive ketones (excluding diaryl/α,β-unsaturated/α-hetero) is 1. The number of likely N-dealkylation sites (N-methyl/N-ethyl adjacent to an activating group) is 1. The summed E-state index contributed by atoms with van der Waals surface area (Å²) in [5.74, 6) is -1.77. The van der Waals surface area contributed by atoms with Crippen LogP contribution in [0.2, 0.25) is 0 Å². The summed E-state index contributed by atoms with van der Waals surface area (Å²) in [6.07, 6.45) is 20.6. The molecule has 0 aromatic rings. The quantitative estimate of drug-likeness (QED) is 0.194. The number of unbranched alkanes of at least 4 members (excludes halogenated alkanes) is 8. The number of carbonyl (C=O) groups is 2. The Bertz CT molecular complexity index is 534. The van der Waals surface area contributed by atoms with Gasteiger partial charge < -0.3 is 19.5 Å². The molecule has 5 heteroatoms. The number of aliphatic hydroxyl groups is 1.